The first kappa shape index (κ1) is 29.8. The van der Waals surface area contributed by atoms with E-state index in [2.05, 4.69) is 20.0 Å². The number of ether oxygens (including phenoxy) is 2. The molecule has 5 rings (SSSR count). The van der Waals surface area contributed by atoms with Crippen LogP contribution in [0.25, 0.3) is 11.2 Å². The fraction of sp³-hybridized carbons (Fsp3) is 0.538. The van der Waals surface area contributed by atoms with E-state index in [9.17, 15) is 21.9 Å². The Kier molecular flexibility index (Phi) is 8.66. The molecule has 1 spiro atoms. The lowest BCUT2D eigenvalue weighted by molar-refractivity contribution is -0.0312. The second-order valence-electron chi connectivity index (χ2n) is 10.4. The van der Waals surface area contributed by atoms with Gasteiger partial charge in [-0.25, -0.2) is 31.5 Å². The van der Waals surface area contributed by atoms with Crippen LogP contribution in [0.4, 0.5) is 0 Å². The SMILES string of the molecule is CCn1cnc2cc(S(=O)(=O)N3CCC4(CC3)CC(NC[C@H](O)COc3cccc(S(=O)(=O)NC)c3)CO4)cnc21. The predicted molar refractivity (Wildman–Crippen MR) is 150 cm³/mol. The predicted octanol–water partition coefficient (Wildman–Crippen LogP) is 0.701. The van der Waals surface area contributed by atoms with Gasteiger partial charge in [-0.1, -0.05) is 6.07 Å². The number of aromatic nitrogens is 3. The summed E-state index contributed by atoms with van der Waals surface area (Å²) in [7, 11) is -5.96. The Morgan fingerprint density at radius 3 is 2.68 bits per heavy atom. The van der Waals surface area contributed by atoms with Crippen molar-refractivity contribution in [2.75, 3.05) is 39.9 Å². The van der Waals surface area contributed by atoms with E-state index in [1.165, 1.54) is 29.7 Å². The van der Waals surface area contributed by atoms with Crippen LogP contribution in [0.2, 0.25) is 0 Å². The van der Waals surface area contributed by atoms with E-state index in [4.69, 9.17) is 9.47 Å². The molecule has 3 aromatic rings. The van der Waals surface area contributed by atoms with Crippen molar-refractivity contribution >= 4 is 31.2 Å². The number of fused-ring (bicyclic) bond motifs is 1. The van der Waals surface area contributed by atoms with Gasteiger partial charge in [0, 0.05) is 44.5 Å². The molecule has 2 aliphatic rings. The number of nitrogens with zero attached hydrogens (tertiary/aromatic N) is 4. The average Bonchev–Trinajstić information content (AvgIpc) is 3.58. The van der Waals surface area contributed by atoms with Crippen LogP contribution >= 0.6 is 0 Å². The highest BCUT2D eigenvalue weighted by molar-refractivity contribution is 7.89. The quantitative estimate of drug-likeness (QED) is 0.282. The lowest BCUT2D eigenvalue weighted by Crippen LogP contribution is -2.47. The van der Waals surface area contributed by atoms with Gasteiger partial charge in [-0.3, -0.25) is 0 Å². The van der Waals surface area contributed by atoms with Crippen LogP contribution in [-0.2, 0) is 31.3 Å². The first-order chi connectivity index (χ1) is 19.5. The minimum absolute atomic E-state index is 0.0113. The van der Waals surface area contributed by atoms with Gasteiger partial charge in [0.1, 0.15) is 28.9 Å². The fourth-order valence-electron chi connectivity index (χ4n) is 5.31. The first-order valence-corrected chi connectivity index (χ1v) is 16.5. The number of aryl methyl sites for hydroxylation is 1. The topological polar surface area (TPSA) is 165 Å². The lowest BCUT2D eigenvalue weighted by atomic mass is 9.88. The van der Waals surface area contributed by atoms with Crippen molar-refractivity contribution in [3.8, 4) is 5.75 Å². The molecule has 2 fully saturated rings. The molecule has 41 heavy (non-hydrogen) atoms. The van der Waals surface area contributed by atoms with Gasteiger partial charge in [0.15, 0.2) is 5.65 Å². The van der Waals surface area contributed by atoms with Crippen LogP contribution in [-0.4, -0.2) is 98.4 Å². The molecule has 0 amide bonds. The molecule has 0 radical (unpaired) electrons. The summed E-state index contributed by atoms with van der Waals surface area (Å²) in [6.07, 6.45) is 4.09. The number of rotatable bonds is 11. The number of sulfonamides is 2. The number of piperidine rings is 1. The number of imidazole rings is 1. The van der Waals surface area contributed by atoms with Crippen molar-refractivity contribution in [1.29, 1.82) is 0 Å². The lowest BCUT2D eigenvalue weighted by Gasteiger charge is -2.38. The van der Waals surface area contributed by atoms with Gasteiger partial charge in [-0.2, -0.15) is 4.31 Å². The summed E-state index contributed by atoms with van der Waals surface area (Å²) >= 11 is 0. The third kappa shape index (κ3) is 6.40. The van der Waals surface area contributed by atoms with Crippen LogP contribution < -0.4 is 14.8 Å². The van der Waals surface area contributed by atoms with Gasteiger partial charge in [0.2, 0.25) is 20.0 Å². The normalized spacial score (nSPS) is 20.5. The van der Waals surface area contributed by atoms with Crippen LogP contribution in [0.1, 0.15) is 26.2 Å². The molecule has 2 atom stereocenters. The monoisotopic (exact) mass is 608 g/mol. The van der Waals surface area contributed by atoms with Gasteiger partial charge < -0.3 is 24.5 Å². The summed E-state index contributed by atoms with van der Waals surface area (Å²) in [5.41, 5.74) is 0.803. The van der Waals surface area contributed by atoms with Crippen LogP contribution in [0.3, 0.4) is 0 Å². The first-order valence-electron chi connectivity index (χ1n) is 13.6. The molecular formula is C26H36N6O7S2. The molecule has 2 aromatic heterocycles. The molecule has 13 nitrogen and oxygen atoms in total. The summed E-state index contributed by atoms with van der Waals surface area (Å²) in [4.78, 5) is 8.85. The fourth-order valence-corrected chi connectivity index (χ4v) is 7.49. The Morgan fingerprint density at radius 1 is 1.17 bits per heavy atom. The Labute approximate surface area is 240 Å². The maximum Gasteiger partial charge on any atom is 0.244 e. The Bertz CT molecular complexity index is 1590. The second-order valence-corrected chi connectivity index (χ2v) is 14.2. The van der Waals surface area contributed by atoms with Crippen LogP contribution in [0.5, 0.6) is 5.75 Å². The van der Waals surface area contributed by atoms with E-state index < -0.39 is 31.8 Å². The molecule has 4 heterocycles. The molecule has 1 aromatic carbocycles. The summed E-state index contributed by atoms with van der Waals surface area (Å²) < 4.78 is 68.0. The van der Waals surface area contributed by atoms with Crippen molar-refractivity contribution in [2.24, 2.45) is 0 Å². The van der Waals surface area contributed by atoms with E-state index in [1.54, 1.807) is 24.5 Å². The maximum absolute atomic E-state index is 13.3. The third-order valence-electron chi connectivity index (χ3n) is 7.72. The highest BCUT2D eigenvalue weighted by Gasteiger charge is 2.44. The number of benzene rings is 1. The summed E-state index contributed by atoms with van der Waals surface area (Å²) in [6, 6.07) is 7.67. The molecule has 15 heteroatoms. The zero-order valence-corrected chi connectivity index (χ0v) is 24.7. The van der Waals surface area contributed by atoms with Gasteiger partial charge in [0.05, 0.1) is 23.4 Å². The number of hydrogen-bond acceptors (Lipinski definition) is 10. The van der Waals surface area contributed by atoms with Gasteiger partial charge in [-0.15, -0.1) is 0 Å². The zero-order valence-electron chi connectivity index (χ0n) is 23.1. The van der Waals surface area contributed by atoms with Gasteiger partial charge >= 0.3 is 0 Å². The van der Waals surface area contributed by atoms with E-state index in [0.717, 1.165) is 0 Å². The van der Waals surface area contributed by atoms with Crippen molar-refractivity contribution in [2.45, 2.75) is 60.3 Å². The molecule has 0 aliphatic carbocycles. The average molecular weight is 609 g/mol. The molecular weight excluding hydrogens is 572 g/mol. The zero-order chi connectivity index (χ0) is 29.3. The van der Waals surface area contributed by atoms with Crippen LogP contribution in [0, 0.1) is 0 Å². The van der Waals surface area contributed by atoms with E-state index in [1.807, 2.05) is 11.5 Å². The van der Waals surface area contributed by atoms with Crippen molar-refractivity contribution in [1.82, 2.24) is 28.9 Å². The van der Waals surface area contributed by atoms with Crippen molar-refractivity contribution < 1.29 is 31.4 Å². The van der Waals surface area contributed by atoms with Crippen molar-refractivity contribution in [3.05, 3.63) is 42.9 Å². The minimum Gasteiger partial charge on any atom is -0.491 e. The summed E-state index contributed by atoms with van der Waals surface area (Å²) in [5, 5.41) is 13.7. The molecule has 224 valence electrons. The highest BCUT2D eigenvalue weighted by atomic mass is 32.2. The summed E-state index contributed by atoms with van der Waals surface area (Å²) in [5.74, 6) is 0.344. The van der Waals surface area contributed by atoms with Crippen LogP contribution in [0.15, 0.2) is 52.6 Å². The highest BCUT2D eigenvalue weighted by Crippen LogP contribution is 2.37. The molecule has 3 N–H and O–H groups in total. The number of aliphatic hydroxyl groups is 1. The molecule has 1 unspecified atom stereocenters. The Hall–Kier alpha value is -2.66. The molecule has 0 saturated carbocycles. The Balaban J connectivity index is 1.09. The number of nitrogens with one attached hydrogen (secondary N) is 2. The molecule has 2 aliphatic heterocycles. The number of hydrogen-bond donors (Lipinski definition) is 3. The number of aliphatic hydroxyl groups excluding tert-OH is 1. The smallest absolute Gasteiger partial charge is 0.244 e. The largest absolute Gasteiger partial charge is 0.491 e. The van der Waals surface area contributed by atoms with Gasteiger partial charge in [-0.05, 0) is 51.4 Å². The summed E-state index contributed by atoms with van der Waals surface area (Å²) in [6.45, 7) is 4.08. The minimum atomic E-state index is -3.71. The van der Waals surface area contributed by atoms with E-state index in [-0.39, 0.29) is 29.0 Å². The third-order valence-corrected chi connectivity index (χ3v) is 11.0. The van der Waals surface area contributed by atoms with E-state index >= 15 is 0 Å². The molecule has 2 saturated heterocycles. The molecule has 0 bridgehead atoms. The maximum atomic E-state index is 13.3. The van der Waals surface area contributed by atoms with Crippen molar-refractivity contribution in [3.63, 3.8) is 0 Å². The standard InChI is InChI=1S/C26H36N6O7S2/c1-3-31-18-30-24-12-23(15-29-25(24)31)41(36,37)32-9-7-26(8-10-32)13-19(16-39-26)28-14-20(33)17-38-21-5-4-6-22(11-21)40(34,35)27-2/h4-6,11-12,15,18-20,27-28,33H,3,7-10,13-14,16-17H2,1-2H3/t19?,20-/m0/s1. The van der Waals surface area contributed by atoms with E-state index in [0.29, 0.717) is 62.4 Å². The van der Waals surface area contributed by atoms with Gasteiger partial charge in [0.25, 0.3) is 0 Å². The second kappa shape index (κ2) is 11.9. The Morgan fingerprint density at radius 2 is 1.95 bits per heavy atom. The number of pyridine rings is 1.